The number of aryl methyl sites for hydroxylation is 1. The average molecular weight is 305 g/mol. The van der Waals surface area contributed by atoms with Gasteiger partial charge in [-0.3, -0.25) is 4.79 Å². The number of carbonyl (C=O) groups is 1. The van der Waals surface area contributed by atoms with Gasteiger partial charge >= 0.3 is 0 Å². The molecule has 0 bridgehead atoms. The lowest BCUT2D eigenvalue weighted by molar-refractivity contribution is -0.132. The van der Waals surface area contributed by atoms with Gasteiger partial charge in [0.15, 0.2) is 0 Å². The molecule has 1 aromatic carbocycles. The van der Waals surface area contributed by atoms with Crippen LogP contribution in [0.1, 0.15) is 30.0 Å². The fraction of sp³-hybridized carbons (Fsp3) is 0.588. The lowest BCUT2D eigenvalue weighted by Gasteiger charge is -2.26. The summed E-state index contributed by atoms with van der Waals surface area (Å²) in [5, 5.41) is 3.02. The quantitative estimate of drug-likeness (QED) is 0.829. The second kappa shape index (κ2) is 7.72. The summed E-state index contributed by atoms with van der Waals surface area (Å²) in [7, 11) is 4.04. The van der Waals surface area contributed by atoms with Gasteiger partial charge in [-0.15, -0.1) is 0 Å². The van der Waals surface area contributed by atoms with E-state index in [1.165, 1.54) is 11.1 Å². The second-order valence-corrected chi connectivity index (χ2v) is 6.20. The van der Waals surface area contributed by atoms with E-state index in [2.05, 4.69) is 41.4 Å². The van der Waals surface area contributed by atoms with Crippen LogP contribution in [0.25, 0.3) is 0 Å². The van der Waals surface area contributed by atoms with Crippen molar-refractivity contribution in [1.82, 2.24) is 10.2 Å². The molecule has 1 aliphatic heterocycles. The minimum atomic E-state index is -0.352. The van der Waals surface area contributed by atoms with Crippen LogP contribution < -0.4 is 11.1 Å². The summed E-state index contributed by atoms with van der Waals surface area (Å²) >= 11 is 0. The molecule has 1 saturated heterocycles. The van der Waals surface area contributed by atoms with Gasteiger partial charge in [-0.25, -0.2) is 0 Å². The summed E-state index contributed by atoms with van der Waals surface area (Å²) in [6, 6.07) is 8.57. The van der Waals surface area contributed by atoms with Gasteiger partial charge in [-0.2, -0.15) is 0 Å². The molecule has 1 heterocycles. The number of ether oxygens (including phenoxy) is 1. The molecule has 3 atom stereocenters. The highest BCUT2D eigenvalue weighted by Gasteiger charge is 2.30. The van der Waals surface area contributed by atoms with E-state index in [9.17, 15) is 4.79 Å². The molecule has 1 aromatic rings. The Morgan fingerprint density at radius 2 is 2.05 bits per heavy atom. The maximum absolute atomic E-state index is 12.2. The normalized spacial score (nSPS) is 22.8. The van der Waals surface area contributed by atoms with Crippen molar-refractivity contribution in [2.24, 2.45) is 5.73 Å². The molecule has 3 N–H and O–H groups in total. The Bertz CT molecular complexity index is 487. The number of likely N-dealkylation sites (N-methyl/N-ethyl adjacent to an activating group) is 1. The Morgan fingerprint density at radius 3 is 2.59 bits per heavy atom. The van der Waals surface area contributed by atoms with Gasteiger partial charge in [0.05, 0.1) is 12.1 Å². The predicted octanol–water partition coefficient (Wildman–Crippen LogP) is 1.22. The van der Waals surface area contributed by atoms with Gasteiger partial charge < -0.3 is 20.7 Å². The van der Waals surface area contributed by atoms with E-state index >= 15 is 0 Å². The van der Waals surface area contributed by atoms with Gasteiger partial charge in [-0.05, 0) is 39.4 Å². The van der Waals surface area contributed by atoms with Crippen molar-refractivity contribution < 1.29 is 9.53 Å². The lowest BCUT2D eigenvalue weighted by atomic mass is 10.0. The zero-order valence-corrected chi connectivity index (χ0v) is 13.7. The van der Waals surface area contributed by atoms with Crippen molar-refractivity contribution in [2.45, 2.75) is 38.0 Å². The molecule has 22 heavy (non-hydrogen) atoms. The Labute approximate surface area is 132 Å². The third kappa shape index (κ3) is 4.29. The number of hydrogen-bond donors (Lipinski definition) is 2. The molecule has 0 aliphatic carbocycles. The highest BCUT2D eigenvalue weighted by Crippen LogP contribution is 2.20. The SMILES string of the molecule is Cc1ccc(C(CNC(=O)[C@@H]2CC[C@H](CN)O2)N(C)C)cc1. The fourth-order valence-corrected chi connectivity index (χ4v) is 2.77. The molecule has 122 valence electrons. The first-order valence-corrected chi connectivity index (χ1v) is 7.87. The van der Waals surface area contributed by atoms with E-state index in [1.807, 2.05) is 14.1 Å². The Morgan fingerprint density at radius 1 is 1.36 bits per heavy atom. The minimum Gasteiger partial charge on any atom is -0.364 e. The first-order valence-electron chi connectivity index (χ1n) is 7.87. The maximum Gasteiger partial charge on any atom is 0.249 e. The molecule has 1 unspecified atom stereocenters. The largest absolute Gasteiger partial charge is 0.364 e. The van der Waals surface area contributed by atoms with Crippen LogP contribution in [0.2, 0.25) is 0 Å². The number of benzene rings is 1. The summed E-state index contributed by atoms with van der Waals surface area (Å²) in [4.78, 5) is 14.3. The number of nitrogens with zero attached hydrogens (tertiary/aromatic N) is 1. The Kier molecular flexibility index (Phi) is 5.94. The van der Waals surface area contributed by atoms with E-state index < -0.39 is 0 Å². The number of hydrogen-bond acceptors (Lipinski definition) is 4. The molecule has 1 fully saturated rings. The first-order chi connectivity index (χ1) is 10.5. The van der Waals surface area contributed by atoms with Gasteiger partial charge in [0.2, 0.25) is 5.91 Å². The van der Waals surface area contributed by atoms with Crippen LogP contribution in [-0.2, 0) is 9.53 Å². The van der Waals surface area contributed by atoms with Gasteiger partial charge in [0, 0.05) is 13.1 Å². The summed E-state index contributed by atoms with van der Waals surface area (Å²) in [6.07, 6.45) is 1.29. The third-order valence-electron chi connectivity index (χ3n) is 4.22. The van der Waals surface area contributed by atoms with Crippen LogP contribution in [0, 0.1) is 6.92 Å². The number of nitrogens with one attached hydrogen (secondary N) is 1. The summed E-state index contributed by atoms with van der Waals surface area (Å²) < 4.78 is 5.64. The zero-order chi connectivity index (χ0) is 16.1. The van der Waals surface area contributed by atoms with E-state index in [4.69, 9.17) is 10.5 Å². The zero-order valence-electron chi connectivity index (χ0n) is 13.7. The molecule has 5 nitrogen and oxygen atoms in total. The standard InChI is InChI=1S/C17H27N3O2/c1-12-4-6-13(7-5-12)15(20(2)3)11-19-17(21)16-9-8-14(10-18)22-16/h4-7,14-16H,8-11,18H2,1-3H3,(H,19,21)/t14-,15?,16+/m1/s1. The van der Waals surface area contributed by atoms with E-state index in [0.29, 0.717) is 13.1 Å². The van der Waals surface area contributed by atoms with E-state index in [0.717, 1.165) is 12.8 Å². The Balaban J connectivity index is 1.92. The van der Waals surface area contributed by atoms with Crippen LogP contribution >= 0.6 is 0 Å². The Hall–Kier alpha value is -1.43. The van der Waals surface area contributed by atoms with E-state index in [-0.39, 0.29) is 24.2 Å². The van der Waals surface area contributed by atoms with Gasteiger partial charge in [0.1, 0.15) is 6.10 Å². The topological polar surface area (TPSA) is 67.6 Å². The van der Waals surface area contributed by atoms with Crippen molar-refractivity contribution in [1.29, 1.82) is 0 Å². The molecule has 2 rings (SSSR count). The van der Waals surface area contributed by atoms with Crippen LogP contribution in [-0.4, -0.2) is 50.2 Å². The maximum atomic E-state index is 12.2. The van der Waals surface area contributed by atoms with Crippen LogP contribution in [0.3, 0.4) is 0 Å². The minimum absolute atomic E-state index is 0.0255. The van der Waals surface area contributed by atoms with Crippen molar-refractivity contribution in [3.8, 4) is 0 Å². The third-order valence-corrected chi connectivity index (χ3v) is 4.22. The number of rotatable bonds is 6. The predicted molar refractivity (Wildman–Crippen MR) is 87.6 cm³/mol. The van der Waals surface area contributed by atoms with E-state index in [1.54, 1.807) is 0 Å². The molecular weight excluding hydrogens is 278 g/mol. The molecule has 5 heteroatoms. The fourth-order valence-electron chi connectivity index (χ4n) is 2.77. The van der Waals surface area contributed by atoms with Crippen molar-refractivity contribution >= 4 is 5.91 Å². The van der Waals surface area contributed by atoms with Crippen molar-refractivity contribution in [3.05, 3.63) is 35.4 Å². The summed E-state index contributed by atoms with van der Waals surface area (Å²) in [6.45, 7) is 3.12. The highest BCUT2D eigenvalue weighted by atomic mass is 16.5. The lowest BCUT2D eigenvalue weighted by Crippen LogP contribution is -2.40. The first kappa shape index (κ1) is 16.9. The number of carbonyl (C=O) groups excluding carboxylic acids is 1. The molecule has 1 amide bonds. The summed E-state index contributed by atoms with van der Waals surface area (Å²) in [5.74, 6) is -0.0325. The monoisotopic (exact) mass is 305 g/mol. The van der Waals surface area contributed by atoms with Gasteiger partial charge in [-0.1, -0.05) is 29.8 Å². The number of nitrogens with two attached hydrogens (primary N) is 1. The summed E-state index contributed by atoms with van der Waals surface area (Å²) in [5.41, 5.74) is 8.01. The van der Waals surface area contributed by atoms with Crippen LogP contribution in [0.15, 0.2) is 24.3 Å². The van der Waals surface area contributed by atoms with Crippen molar-refractivity contribution in [3.63, 3.8) is 0 Å². The molecule has 0 radical (unpaired) electrons. The molecule has 0 saturated carbocycles. The van der Waals surface area contributed by atoms with Crippen molar-refractivity contribution in [2.75, 3.05) is 27.2 Å². The highest BCUT2D eigenvalue weighted by molar-refractivity contribution is 5.81. The second-order valence-electron chi connectivity index (χ2n) is 6.20. The van der Waals surface area contributed by atoms with Crippen LogP contribution in [0.4, 0.5) is 0 Å². The van der Waals surface area contributed by atoms with Crippen LogP contribution in [0.5, 0.6) is 0 Å². The smallest absolute Gasteiger partial charge is 0.249 e. The van der Waals surface area contributed by atoms with Gasteiger partial charge in [0.25, 0.3) is 0 Å². The molecule has 1 aliphatic rings. The molecular formula is C17H27N3O2. The number of amides is 1. The average Bonchev–Trinajstić information content (AvgIpc) is 2.98. The molecule has 0 aromatic heterocycles. The molecule has 0 spiro atoms.